The van der Waals surface area contributed by atoms with E-state index < -0.39 is 0 Å². The van der Waals surface area contributed by atoms with Crippen molar-refractivity contribution in [1.82, 2.24) is 15.1 Å². The number of thioether (sulfide) groups is 1. The number of rotatable bonds is 8. The first-order valence-electron chi connectivity index (χ1n) is 13.4. The van der Waals surface area contributed by atoms with Crippen molar-refractivity contribution < 1.29 is 14.0 Å². The standard InChI is InChI=1S/C31H33FN4O2S/c1-2-34-16-18-35(19-17-34)15-14-33-30(37)25-10-13-28-27(21-25)36(22-24-8-11-26(32)12-9-24)31(38)29(39-28)20-23-6-4-3-5-7-23/h3-13,20-21H,2,14-19,22H2,1H3,(H,33,37)/b29-20-. The maximum Gasteiger partial charge on any atom is 0.265 e. The van der Waals surface area contributed by atoms with Crippen LogP contribution < -0.4 is 10.2 Å². The lowest BCUT2D eigenvalue weighted by Crippen LogP contribution is -2.48. The van der Waals surface area contributed by atoms with Gasteiger partial charge in [0, 0.05) is 49.7 Å². The summed E-state index contributed by atoms with van der Waals surface area (Å²) in [6.45, 7) is 9.06. The van der Waals surface area contributed by atoms with Gasteiger partial charge in [-0.05, 0) is 54.1 Å². The molecule has 2 heterocycles. The second-order valence-electron chi connectivity index (χ2n) is 9.75. The molecule has 39 heavy (non-hydrogen) atoms. The van der Waals surface area contributed by atoms with E-state index in [2.05, 4.69) is 22.0 Å². The summed E-state index contributed by atoms with van der Waals surface area (Å²) < 4.78 is 13.5. The summed E-state index contributed by atoms with van der Waals surface area (Å²) in [4.78, 5) is 34.7. The Labute approximate surface area is 233 Å². The number of benzene rings is 3. The predicted molar refractivity (Wildman–Crippen MR) is 155 cm³/mol. The summed E-state index contributed by atoms with van der Waals surface area (Å²) in [6, 6.07) is 21.4. The summed E-state index contributed by atoms with van der Waals surface area (Å²) in [5.41, 5.74) is 2.94. The lowest BCUT2D eigenvalue weighted by atomic mass is 10.1. The minimum Gasteiger partial charge on any atom is -0.351 e. The lowest BCUT2D eigenvalue weighted by Gasteiger charge is -2.34. The zero-order chi connectivity index (χ0) is 27.2. The smallest absolute Gasteiger partial charge is 0.265 e. The molecule has 6 nitrogen and oxygen atoms in total. The molecule has 0 spiro atoms. The number of nitrogens with one attached hydrogen (secondary N) is 1. The number of hydrogen-bond acceptors (Lipinski definition) is 5. The Balaban J connectivity index is 1.34. The van der Waals surface area contributed by atoms with Crippen LogP contribution >= 0.6 is 11.8 Å². The van der Waals surface area contributed by atoms with Crippen LogP contribution in [0.1, 0.15) is 28.4 Å². The Morgan fingerprint density at radius 2 is 1.69 bits per heavy atom. The molecule has 8 heteroatoms. The van der Waals surface area contributed by atoms with E-state index in [9.17, 15) is 14.0 Å². The summed E-state index contributed by atoms with van der Waals surface area (Å²) in [5, 5.41) is 3.04. The number of piperazine rings is 1. The highest BCUT2D eigenvalue weighted by Crippen LogP contribution is 2.43. The first-order valence-corrected chi connectivity index (χ1v) is 14.2. The van der Waals surface area contributed by atoms with E-state index in [0.29, 0.717) is 22.7 Å². The molecule has 0 radical (unpaired) electrons. The minimum atomic E-state index is -0.324. The van der Waals surface area contributed by atoms with Crippen molar-refractivity contribution >= 4 is 35.3 Å². The van der Waals surface area contributed by atoms with Crippen molar-refractivity contribution in [2.24, 2.45) is 0 Å². The largest absolute Gasteiger partial charge is 0.351 e. The second kappa shape index (κ2) is 12.6. The highest BCUT2D eigenvalue weighted by atomic mass is 32.2. The zero-order valence-corrected chi connectivity index (χ0v) is 22.9. The van der Waals surface area contributed by atoms with Crippen molar-refractivity contribution in [3.8, 4) is 0 Å². The average molecular weight is 545 g/mol. The van der Waals surface area contributed by atoms with Crippen molar-refractivity contribution in [3.05, 3.63) is 100 Å². The Hall–Kier alpha value is -3.46. The van der Waals surface area contributed by atoms with E-state index in [0.717, 1.165) is 55.3 Å². The first-order chi connectivity index (χ1) is 19.0. The minimum absolute atomic E-state index is 0.149. The molecule has 0 bridgehead atoms. The number of anilines is 1. The van der Waals surface area contributed by atoms with Crippen LogP contribution in [0.4, 0.5) is 10.1 Å². The molecular weight excluding hydrogens is 511 g/mol. The number of amides is 2. The van der Waals surface area contributed by atoms with Gasteiger partial charge in [0.25, 0.3) is 11.8 Å². The highest BCUT2D eigenvalue weighted by Gasteiger charge is 2.30. The van der Waals surface area contributed by atoms with E-state index >= 15 is 0 Å². The van der Waals surface area contributed by atoms with E-state index in [1.54, 1.807) is 23.1 Å². The maximum atomic E-state index is 13.7. The maximum absolute atomic E-state index is 13.7. The number of fused-ring (bicyclic) bond motifs is 1. The molecule has 1 saturated heterocycles. The third kappa shape index (κ3) is 6.76. The zero-order valence-electron chi connectivity index (χ0n) is 22.1. The van der Waals surface area contributed by atoms with Crippen LogP contribution in [0.25, 0.3) is 6.08 Å². The molecule has 2 aliphatic heterocycles. The fraction of sp³-hybridized carbons (Fsp3) is 0.290. The molecule has 0 saturated carbocycles. The van der Waals surface area contributed by atoms with Gasteiger partial charge in [0.15, 0.2) is 0 Å². The number of carbonyl (C=O) groups excluding carboxylic acids is 2. The quantitative estimate of drug-likeness (QED) is 0.410. The molecule has 0 unspecified atom stereocenters. The fourth-order valence-corrected chi connectivity index (χ4v) is 5.88. The molecule has 3 aromatic rings. The molecule has 1 fully saturated rings. The van der Waals surface area contributed by atoms with Crippen LogP contribution in [0.3, 0.4) is 0 Å². The Kier molecular flexibility index (Phi) is 8.76. The molecule has 1 N–H and O–H groups in total. The normalized spacial score (nSPS) is 17.3. The van der Waals surface area contributed by atoms with Gasteiger partial charge in [0.1, 0.15) is 5.82 Å². The van der Waals surface area contributed by atoms with Crippen LogP contribution in [-0.2, 0) is 11.3 Å². The molecule has 0 aliphatic carbocycles. The van der Waals surface area contributed by atoms with Crippen LogP contribution in [-0.4, -0.2) is 67.4 Å². The van der Waals surface area contributed by atoms with Gasteiger partial charge in [-0.15, -0.1) is 0 Å². The van der Waals surface area contributed by atoms with Crippen molar-refractivity contribution in [1.29, 1.82) is 0 Å². The van der Waals surface area contributed by atoms with Crippen molar-refractivity contribution in [2.45, 2.75) is 18.4 Å². The van der Waals surface area contributed by atoms with Gasteiger partial charge in [-0.3, -0.25) is 14.5 Å². The highest BCUT2D eigenvalue weighted by molar-refractivity contribution is 8.04. The Morgan fingerprint density at radius 3 is 2.41 bits per heavy atom. The summed E-state index contributed by atoms with van der Waals surface area (Å²) in [7, 11) is 0. The van der Waals surface area contributed by atoms with Crippen LogP contribution in [0.15, 0.2) is 82.6 Å². The van der Waals surface area contributed by atoms with E-state index in [-0.39, 0.29) is 24.2 Å². The molecular formula is C31H33FN4O2S. The molecule has 0 atom stereocenters. The monoisotopic (exact) mass is 544 g/mol. The summed E-state index contributed by atoms with van der Waals surface area (Å²) >= 11 is 1.40. The number of carbonyl (C=O) groups is 2. The molecule has 0 aromatic heterocycles. The van der Waals surface area contributed by atoms with Crippen molar-refractivity contribution in [2.75, 3.05) is 50.7 Å². The molecule has 202 valence electrons. The van der Waals surface area contributed by atoms with Gasteiger partial charge >= 0.3 is 0 Å². The van der Waals surface area contributed by atoms with E-state index in [4.69, 9.17) is 0 Å². The van der Waals surface area contributed by atoms with Gasteiger partial charge < -0.3 is 15.1 Å². The average Bonchev–Trinajstić information content (AvgIpc) is 2.97. The van der Waals surface area contributed by atoms with Crippen LogP contribution in [0, 0.1) is 5.82 Å². The lowest BCUT2D eigenvalue weighted by molar-refractivity contribution is -0.114. The fourth-order valence-electron chi connectivity index (χ4n) is 4.84. The number of nitrogens with zero attached hydrogens (tertiary/aromatic N) is 3. The Bertz CT molecular complexity index is 1340. The molecule has 2 aliphatic rings. The number of likely N-dealkylation sites (N-methyl/N-ethyl adjacent to an activating group) is 1. The van der Waals surface area contributed by atoms with Gasteiger partial charge in [0.2, 0.25) is 0 Å². The van der Waals surface area contributed by atoms with E-state index in [1.807, 2.05) is 48.5 Å². The van der Waals surface area contributed by atoms with Gasteiger partial charge in [-0.2, -0.15) is 0 Å². The van der Waals surface area contributed by atoms with Gasteiger partial charge in [-0.1, -0.05) is 61.2 Å². The van der Waals surface area contributed by atoms with Gasteiger partial charge in [0.05, 0.1) is 17.1 Å². The third-order valence-electron chi connectivity index (χ3n) is 7.16. The SMILES string of the molecule is CCN1CCN(CCNC(=O)c2ccc3c(c2)N(Cc2ccc(F)cc2)C(=O)/C(=C/c2ccccc2)S3)CC1. The van der Waals surface area contributed by atoms with Crippen molar-refractivity contribution in [3.63, 3.8) is 0 Å². The summed E-state index contributed by atoms with van der Waals surface area (Å²) in [5.74, 6) is -0.630. The topological polar surface area (TPSA) is 55.9 Å². The second-order valence-corrected chi connectivity index (χ2v) is 10.8. The van der Waals surface area contributed by atoms with Crippen LogP contribution in [0.2, 0.25) is 0 Å². The van der Waals surface area contributed by atoms with Gasteiger partial charge in [-0.25, -0.2) is 4.39 Å². The van der Waals surface area contributed by atoms with Crippen LogP contribution in [0.5, 0.6) is 0 Å². The first kappa shape index (κ1) is 27.1. The predicted octanol–water partition coefficient (Wildman–Crippen LogP) is 4.87. The number of halogens is 1. The Morgan fingerprint density at radius 1 is 0.974 bits per heavy atom. The molecule has 3 aromatic carbocycles. The molecule has 2 amide bonds. The number of hydrogen-bond donors (Lipinski definition) is 1. The third-order valence-corrected chi connectivity index (χ3v) is 8.24. The van der Waals surface area contributed by atoms with E-state index in [1.165, 1.54) is 23.9 Å². The molecule has 5 rings (SSSR count). The summed E-state index contributed by atoms with van der Waals surface area (Å²) in [6.07, 6.45) is 1.88.